The van der Waals surface area contributed by atoms with Crippen LogP contribution in [-0.4, -0.2) is 33.0 Å². The van der Waals surface area contributed by atoms with Gasteiger partial charge >= 0.3 is 0 Å². The molecule has 0 bridgehead atoms. The van der Waals surface area contributed by atoms with Crippen molar-refractivity contribution in [1.29, 1.82) is 0 Å². The molecule has 1 N–H and O–H groups in total. The van der Waals surface area contributed by atoms with Crippen LogP contribution in [0.15, 0.2) is 36.7 Å². The monoisotopic (exact) mass is 365 g/mol. The van der Waals surface area contributed by atoms with Gasteiger partial charge < -0.3 is 14.8 Å². The summed E-state index contributed by atoms with van der Waals surface area (Å²) in [4.78, 5) is 9.00. The first-order chi connectivity index (χ1) is 13.2. The van der Waals surface area contributed by atoms with Gasteiger partial charge in [0.25, 0.3) is 0 Å². The van der Waals surface area contributed by atoms with E-state index in [9.17, 15) is 0 Å². The number of nitrogens with one attached hydrogen (secondary N) is 1. The van der Waals surface area contributed by atoms with Crippen LogP contribution in [0.3, 0.4) is 0 Å². The fraction of sp³-hybridized carbons (Fsp3) is 0.350. The maximum Gasteiger partial charge on any atom is 0.223 e. The normalized spacial score (nSPS) is 12.8. The first kappa shape index (κ1) is 17.3. The van der Waals surface area contributed by atoms with E-state index < -0.39 is 0 Å². The summed E-state index contributed by atoms with van der Waals surface area (Å²) < 4.78 is 13.4. The highest BCUT2D eigenvalue weighted by Gasteiger charge is 2.16. The predicted octanol–water partition coefficient (Wildman–Crippen LogP) is 3.44. The van der Waals surface area contributed by atoms with Crippen LogP contribution < -0.4 is 14.8 Å². The van der Waals surface area contributed by atoms with Gasteiger partial charge in [-0.05, 0) is 25.5 Å². The highest BCUT2D eigenvalue weighted by atomic mass is 16.6. The molecule has 7 nitrogen and oxygen atoms in total. The number of ether oxygens (including phenoxy) is 2. The van der Waals surface area contributed by atoms with Gasteiger partial charge in [-0.2, -0.15) is 5.10 Å². The molecule has 0 atom stereocenters. The Morgan fingerprint density at radius 3 is 2.96 bits per heavy atom. The number of aryl methyl sites for hydroxylation is 2. The van der Waals surface area contributed by atoms with Crippen molar-refractivity contribution in [3.63, 3.8) is 0 Å². The summed E-state index contributed by atoms with van der Waals surface area (Å²) in [5.41, 5.74) is 3.88. The molecule has 3 heterocycles. The maximum atomic E-state index is 5.76. The van der Waals surface area contributed by atoms with E-state index in [1.165, 1.54) is 0 Å². The van der Waals surface area contributed by atoms with Crippen LogP contribution in [0, 0.1) is 6.92 Å². The Morgan fingerprint density at radius 2 is 2.07 bits per heavy atom. The maximum absolute atomic E-state index is 5.76. The minimum atomic E-state index is 0.560. The number of anilines is 1. The first-order valence-electron chi connectivity index (χ1n) is 9.23. The van der Waals surface area contributed by atoms with Crippen LogP contribution in [0.4, 0.5) is 5.95 Å². The second-order valence-corrected chi connectivity index (χ2v) is 6.45. The second-order valence-electron chi connectivity index (χ2n) is 6.45. The largest absolute Gasteiger partial charge is 0.486 e. The predicted molar refractivity (Wildman–Crippen MR) is 103 cm³/mol. The molecular formula is C20H23N5O2. The summed E-state index contributed by atoms with van der Waals surface area (Å²) in [7, 11) is 0. The SMILES string of the molecule is CCCn1cc(-c2ccnc(NCc3cccc4c3OCCO4)n2)c(C)n1. The van der Waals surface area contributed by atoms with Gasteiger partial charge in [-0.3, -0.25) is 4.68 Å². The third-order valence-corrected chi connectivity index (χ3v) is 4.42. The molecule has 0 amide bonds. The molecule has 0 saturated carbocycles. The van der Waals surface area contributed by atoms with E-state index in [-0.39, 0.29) is 0 Å². The van der Waals surface area contributed by atoms with Gasteiger partial charge in [0.05, 0.1) is 11.4 Å². The van der Waals surface area contributed by atoms with Crippen molar-refractivity contribution in [2.24, 2.45) is 0 Å². The zero-order valence-corrected chi connectivity index (χ0v) is 15.6. The number of aromatic nitrogens is 4. The number of benzene rings is 1. The quantitative estimate of drug-likeness (QED) is 0.721. The molecule has 0 aliphatic carbocycles. The van der Waals surface area contributed by atoms with Crippen molar-refractivity contribution in [3.8, 4) is 22.8 Å². The molecule has 1 aliphatic heterocycles. The van der Waals surface area contributed by atoms with Crippen molar-refractivity contribution >= 4 is 5.95 Å². The number of hydrogen-bond donors (Lipinski definition) is 1. The highest BCUT2D eigenvalue weighted by Crippen LogP contribution is 2.33. The first-order valence-corrected chi connectivity index (χ1v) is 9.23. The van der Waals surface area contributed by atoms with Crippen molar-refractivity contribution in [2.75, 3.05) is 18.5 Å². The standard InChI is InChI=1S/C20H23N5O2/c1-3-9-25-13-16(14(2)24-25)17-7-8-21-20(23-17)22-12-15-5-4-6-18-19(15)27-11-10-26-18/h4-8,13H,3,9-12H2,1-2H3,(H,21,22,23). The van der Waals surface area contributed by atoms with Crippen LogP contribution in [0.2, 0.25) is 0 Å². The van der Waals surface area contributed by atoms with Crippen molar-refractivity contribution in [3.05, 3.63) is 47.9 Å². The van der Waals surface area contributed by atoms with E-state index in [1.807, 2.05) is 42.1 Å². The van der Waals surface area contributed by atoms with E-state index in [1.54, 1.807) is 6.20 Å². The van der Waals surface area contributed by atoms with Crippen LogP contribution in [0.25, 0.3) is 11.3 Å². The van der Waals surface area contributed by atoms with E-state index >= 15 is 0 Å². The minimum absolute atomic E-state index is 0.560. The third kappa shape index (κ3) is 3.72. The number of nitrogens with zero attached hydrogens (tertiary/aromatic N) is 4. The van der Waals surface area contributed by atoms with Crippen molar-refractivity contribution in [2.45, 2.75) is 33.4 Å². The summed E-state index contributed by atoms with van der Waals surface area (Å²) in [5.74, 6) is 2.16. The molecule has 0 saturated heterocycles. The lowest BCUT2D eigenvalue weighted by molar-refractivity contribution is 0.170. The van der Waals surface area contributed by atoms with E-state index in [0.29, 0.717) is 25.7 Å². The van der Waals surface area contributed by atoms with Crippen LogP contribution >= 0.6 is 0 Å². The smallest absolute Gasteiger partial charge is 0.223 e. The molecule has 27 heavy (non-hydrogen) atoms. The number of rotatable bonds is 6. The molecule has 1 aromatic carbocycles. The van der Waals surface area contributed by atoms with E-state index in [0.717, 1.165) is 47.0 Å². The van der Waals surface area contributed by atoms with Gasteiger partial charge in [-0.1, -0.05) is 19.1 Å². The lowest BCUT2D eigenvalue weighted by Gasteiger charge is -2.21. The van der Waals surface area contributed by atoms with Gasteiger partial charge in [0.1, 0.15) is 13.2 Å². The molecule has 4 rings (SSSR count). The zero-order chi connectivity index (χ0) is 18.6. The lowest BCUT2D eigenvalue weighted by Crippen LogP contribution is -2.17. The summed E-state index contributed by atoms with van der Waals surface area (Å²) in [6, 6.07) is 7.81. The Morgan fingerprint density at radius 1 is 1.19 bits per heavy atom. The lowest BCUT2D eigenvalue weighted by atomic mass is 10.1. The van der Waals surface area contributed by atoms with Gasteiger partial charge in [0, 0.05) is 36.6 Å². The average Bonchev–Trinajstić information content (AvgIpc) is 3.07. The third-order valence-electron chi connectivity index (χ3n) is 4.42. The van der Waals surface area contributed by atoms with Crippen molar-refractivity contribution in [1.82, 2.24) is 19.7 Å². The molecule has 140 valence electrons. The van der Waals surface area contributed by atoms with Gasteiger partial charge in [0.15, 0.2) is 11.5 Å². The molecule has 0 unspecified atom stereocenters. The molecular weight excluding hydrogens is 342 g/mol. The molecule has 2 aromatic heterocycles. The van der Waals surface area contributed by atoms with Gasteiger partial charge in [0.2, 0.25) is 5.95 Å². The van der Waals surface area contributed by atoms with Gasteiger partial charge in [-0.15, -0.1) is 0 Å². The number of para-hydroxylation sites is 1. The Balaban J connectivity index is 1.52. The van der Waals surface area contributed by atoms with Gasteiger partial charge in [-0.25, -0.2) is 9.97 Å². The average molecular weight is 365 g/mol. The fourth-order valence-corrected chi connectivity index (χ4v) is 3.15. The van der Waals surface area contributed by atoms with Crippen molar-refractivity contribution < 1.29 is 9.47 Å². The summed E-state index contributed by atoms with van der Waals surface area (Å²) in [6.07, 6.45) is 4.86. The molecule has 0 spiro atoms. The summed E-state index contributed by atoms with van der Waals surface area (Å²) >= 11 is 0. The van der Waals surface area contributed by atoms with Crippen LogP contribution in [-0.2, 0) is 13.1 Å². The van der Waals surface area contributed by atoms with Crippen LogP contribution in [0.1, 0.15) is 24.6 Å². The molecule has 7 heteroatoms. The zero-order valence-electron chi connectivity index (χ0n) is 15.6. The molecule has 0 radical (unpaired) electrons. The highest BCUT2D eigenvalue weighted by molar-refractivity contribution is 5.61. The summed E-state index contributed by atoms with van der Waals surface area (Å²) in [6.45, 7) is 6.75. The van der Waals surface area contributed by atoms with Crippen LogP contribution in [0.5, 0.6) is 11.5 Å². The Hall–Kier alpha value is -3.09. The Bertz CT molecular complexity index is 938. The molecule has 1 aliphatic rings. The minimum Gasteiger partial charge on any atom is -0.486 e. The fourth-order valence-electron chi connectivity index (χ4n) is 3.15. The topological polar surface area (TPSA) is 74.1 Å². The molecule has 0 fully saturated rings. The molecule has 3 aromatic rings. The van der Waals surface area contributed by atoms with E-state index in [2.05, 4.69) is 27.3 Å². The second kappa shape index (κ2) is 7.65. The Labute approximate surface area is 158 Å². The Kier molecular flexibility index (Phi) is 4.91. The number of fused-ring (bicyclic) bond motifs is 1. The summed E-state index contributed by atoms with van der Waals surface area (Å²) in [5, 5.41) is 7.84. The number of hydrogen-bond acceptors (Lipinski definition) is 6. The van der Waals surface area contributed by atoms with E-state index in [4.69, 9.17) is 9.47 Å².